The third kappa shape index (κ3) is 9.06. The van der Waals surface area contributed by atoms with E-state index in [1.54, 1.807) is 0 Å². The molecule has 16 nitrogen and oxygen atoms in total. The maximum absolute atomic E-state index is 13.7. The molecule has 1 spiro atoms. The molecule has 5 rings (SSSR count). The van der Waals surface area contributed by atoms with Crippen LogP contribution in [0.1, 0.15) is 98.8 Å². The van der Waals surface area contributed by atoms with Gasteiger partial charge in [-0.2, -0.15) is 10.2 Å². The smallest absolute Gasteiger partial charge is 0.315 e. The van der Waals surface area contributed by atoms with Crippen LogP contribution in [0.5, 0.6) is 0 Å². The molecule has 0 radical (unpaired) electrons. The Morgan fingerprint density at radius 3 is 1.81 bits per heavy atom. The SMILES string of the molecule is CCN(CC)CCNC(=O)C1CC(NC(=O)C2CCC(N=NC3(C(C)=O)C(=O)NC34CCC3NC(=O)NC3C4)CC2)CC(C(=O)NCCN(CC)CC)C1. The Morgan fingerprint density at radius 1 is 0.741 bits per heavy atom. The van der Waals surface area contributed by atoms with Gasteiger partial charge in [-0.1, -0.05) is 27.7 Å². The average molecular weight is 757 g/mol. The monoisotopic (exact) mass is 757 g/mol. The van der Waals surface area contributed by atoms with Gasteiger partial charge >= 0.3 is 6.03 Å². The normalized spacial score (nSPS) is 33.4. The number of azo groups is 1. The molecule has 6 atom stereocenters. The molecule has 6 unspecified atom stereocenters. The van der Waals surface area contributed by atoms with E-state index in [-0.39, 0.29) is 71.5 Å². The minimum atomic E-state index is -1.62. The van der Waals surface area contributed by atoms with E-state index in [0.717, 1.165) is 39.3 Å². The zero-order valence-electron chi connectivity index (χ0n) is 33.0. The van der Waals surface area contributed by atoms with Gasteiger partial charge in [-0.25, -0.2) is 4.79 Å². The van der Waals surface area contributed by atoms with E-state index in [1.807, 2.05) is 0 Å². The number of amides is 6. The van der Waals surface area contributed by atoms with Gasteiger partial charge in [0.15, 0.2) is 5.78 Å². The lowest BCUT2D eigenvalue weighted by Gasteiger charge is -2.57. The highest BCUT2D eigenvalue weighted by Gasteiger charge is 2.72. The van der Waals surface area contributed by atoms with Crippen molar-refractivity contribution in [3.63, 3.8) is 0 Å². The summed E-state index contributed by atoms with van der Waals surface area (Å²) < 4.78 is 0. The van der Waals surface area contributed by atoms with E-state index in [9.17, 15) is 28.8 Å². The summed E-state index contributed by atoms with van der Waals surface area (Å²) in [5.41, 5.74) is -2.51. The second kappa shape index (κ2) is 18.3. The standard InChI is InChI=1S/C38H64N10O6/c1-6-47(7-2)18-16-39-32(50)26-20-27(33(51)40-17-19-48(8-3)9-4)22-29(21-26)41-34(52)25-10-12-28(13-11-25)45-46-38(24(5)49)35(53)44-37(38)15-14-30-31(23-37)43-36(54)42-30/h25-31H,6-23H2,1-5H3,(H,39,50)(H,40,51)(H,41,52)(H,44,53)(H2,42,43,54). The van der Waals surface area contributed by atoms with Crippen LogP contribution in [0.15, 0.2) is 10.2 Å². The Bertz CT molecular complexity index is 1360. The van der Waals surface area contributed by atoms with Gasteiger partial charge in [0.1, 0.15) is 0 Å². The predicted octanol–water partition coefficient (Wildman–Crippen LogP) is 1.24. The number of carbonyl (C=O) groups is 6. The van der Waals surface area contributed by atoms with E-state index >= 15 is 0 Å². The van der Waals surface area contributed by atoms with Gasteiger partial charge in [-0.3, -0.25) is 24.0 Å². The molecular weight excluding hydrogens is 692 g/mol. The van der Waals surface area contributed by atoms with Gasteiger partial charge in [-0.05, 0) is 97.3 Å². The van der Waals surface area contributed by atoms with Crippen LogP contribution in [0.2, 0.25) is 0 Å². The van der Waals surface area contributed by atoms with Crippen LogP contribution in [-0.4, -0.2) is 133 Å². The summed E-state index contributed by atoms with van der Waals surface area (Å²) in [6.45, 7) is 15.9. The molecule has 3 saturated carbocycles. The number of fused-ring (bicyclic) bond motifs is 1. The fourth-order valence-electron chi connectivity index (χ4n) is 9.48. The van der Waals surface area contributed by atoms with Crippen molar-refractivity contribution in [3.8, 4) is 0 Å². The first-order valence-corrected chi connectivity index (χ1v) is 20.5. The molecule has 0 bridgehead atoms. The van der Waals surface area contributed by atoms with Crippen LogP contribution >= 0.6 is 0 Å². The molecule has 302 valence electrons. The Hall–Kier alpha value is -3.66. The Morgan fingerprint density at radius 2 is 1.30 bits per heavy atom. The maximum Gasteiger partial charge on any atom is 0.315 e. The van der Waals surface area contributed by atoms with Gasteiger partial charge in [-0.15, -0.1) is 0 Å². The molecule has 6 N–H and O–H groups in total. The van der Waals surface area contributed by atoms with Crippen molar-refractivity contribution < 1.29 is 28.8 Å². The summed E-state index contributed by atoms with van der Waals surface area (Å²) in [5, 5.41) is 27.2. The topological polar surface area (TPSA) is 206 Å². The Kier molecular flexibility index (Phi) is 14.1. The number of nitrogens with one attached hydrogen (secondary N) is 6. The molecule has 2 heterocycles. The molecule has 0 aromatic carbocycles. The molecule has 6 amide bonds. The number of hydrogen-bond acceptors (Lipinski definition) is 10. The highest BCUT2D eigenvalue weighted by molar-refractivity contribution is 6.17. The molecule has 16 heteroatoms. The van der Waals surface area contributed by atoms with Crippen LogP contribution in [0.4, 0.5) is 4.79 Å². The van der Waals surface area contributed by atoms with Crippen molar-refractivity contribution in [1.29, 1.82) is 0 Å². The van der Waals surface area contributed by atoms with Crippen molar-refractivity contribution >= 4 is 35.4 Å². The fourth-order valence-corrected chi connectivity index (χ4v) is 9.48. The first-order chi connectivity index (χ1) is 25.9. The van der Waals surface area contributed by atoms with E-state index in [4.69, 9.17) is 0 Å². The number of urea groups is 1. The third-order valence-electron chi connectivity index (χ3n) is 12.9. The number of Topliss-reactive ketones (excluding diaryl/α,β-unsaturated/α-hetero) is 1. The third-order valence-corrected chi connectivity index (χ3v) is 12.9. The second-order valence-corrected chi connectivity index (χ2v) is 16.0. The van der Waals surface area contributed by atoms with Crippen LogP contribution in [0.25, 0.3) is 0 Å². The summed E-state index contributed by atoms with van der Waals surface area (Å²) in [6, 6.07) is -1.04. The number of likely N-dealkylation sites (N-methyl/N-ethyl adjacent to an activating group) is 2. The summed E-state index contributed by atoms with van der Waals surface area (Å²) in [7, 11) is 0. The molecular formula is C38H64N10O6. The molecule has 5 fully saturated rings. The zero-order valence-corrected chi connectivity index (χ0v) is 33.0. The molecule has 54 heavy (non-hydrogen) atoms. The maximum atomic E-state index is 13.7. The first-order valence-electron chi connectivity index (χ1n) is 20.5. The van der Waals surface area contributed by atoms with Gasteiger partial charge < -0.3 is 41.7 Å². The second-order valence-electron chi connectivity index (χ2n) is 16.0. The number of ketones is 1. The molecule has 0 aromatic heterocycles. The summed E-state index contributed by atoms with van der Waals surface area (Å²) in [5.74, 6) is -2.07. The summed E-state index contributed by atoms with van der Waals surface area (Å²) >= 11 is 0. The Balaban J connectivity index is 1.17. The fraction of sp³-hybridized carbons (Fsp3) is 0.842. The lowest BCUT2D eigenvalue weighted by atomic mass is 9.58. The van der Waals surface area contributed by atoms with Crippen molar-refractivity contribution in [2.24, 2.45) is 28.0 Å². The van der Waals surface area contributed by atoms with Crippen LogP contribution in [0, 0.1) is 17.8 Å². The molecule has 2 aliphatic heterocycles. The summed E-state index contributed by atoms with van der Waals surface area (Å²) in [4.78, 5) is 83.1. The average Bonchev–Trinajstić information content (AvgIpc) is 3.54. The van der Waals surface area contributed by atoms with Crippen molar-refractivity contribution in [2.75, 3.05) is 52.4 Å². The van der Waals surface area contributed by atoms with Gasteiger partial charge in [0.2, 0.25) is 23.3 Å². The number of rotatable bonds is 17. The van der Waals surface area contributed by atoms with Crippen molar-refractivity contribution in [3.05, 3.63) is 0 Å². The van der Waals surface area contributed by atoms with Crippen LogP contribution < -0.4 is 31.9 Å². The minimum absolute atomic E-state index is 0.0477. The van der Waals surface area contributed by atoms with Crippen LogP contribution in [0.3, 0.4) is 0 Å². The predicted molar refractivity (Wildman–Crippen MR) is 202 cm³/mol. The van der Waals surface area contributed by atoms with Crippen LogP contribution in [-0.2, 0) is 24.0 Å². The van der Waals surface area contributed by atoms with Gasteiger partial charge in [0.25, 0.3) is 5.91 Å². The van der Waals surface area contributed by atoms with E-state index < -0.39 is 17.0 Å². The largest absolute Gasteiger partial charge is 0.355 e. The lowest BCUT2D eigenvalue weighted by Crippen LogP contribution is -2.85. The number of nitrogens with zero attached hydrogens (tertiary/aromatic N) is 4. The van der Waals surface area contributed by atoms with Gasteiger partial charge in [0, 0.05) is 50.0 Å². The Labute approximate surface area is 319 Å². The van der Waals surface area contributed by atoms with Crippen molar-refractivity contribution in [1.82, 2.24) is 41.7 Å². The van der Waals surface area contributed by atoms with Crippen molar-refractivity contribution in [2.45, 2.75) is 134 Å². The number of hydrogen-bond donors (Lipinski definition) is 6. The molecule has 5 aliphatic rings. The number of β-lactam (4-membered cyclic amide) rings is 1. The minimum Gasteiger partial charge on any atom is -0.355 e. The van der Waals surface area contributed by atoms with Gasteiger partial charge in [0.05, 0.1) is 23.7 Å². The quantitative estimate of drug-likeness (QED) is 0.0722. The number of carbonyl (C=O) groups excluding carboxylic acids is 6. The zero-order chi connectivity index (χ0) is 39.0. The molecule has 2 saturated heterocycles. The first kappa shape index (κ1) is 41.5. The van der Waals surface area contributed by atoms with E-state index in [1.165, 1.54) is 6.92 Å². The lowest BCUT2D eigenvalue weighted by molar-refractivity contribution is -0.155. The molecule has 3 aliphatic carbocycles. The highest BCUT2D eigenvalue weighted by atomic mass is 16.2. The summed E-state index contributed by atoms with van der Waals surface area (Å²) in [6.07, 6.45) is 5.21. The highest BCUT2D eigenvalue weighted by Crippen LogP contribution is 2.48. The van der Waals surface area contributed by atoms with E-state index in [2.05, 4.69) is 79.6 Å². The van der Waals surface area contributed by atoms with E-state index in [0.29, 0.717) is 77.3 Å². The molecule has 0 aromatic rings.